The first-order valence-electron chi connectivity index (χ1n) is 12.0. The number of methoxy groups -OCH3 is 5. The lowest BCUT2D eigenvalue weighted by molar-refractivity contribution is -0.139. The number of fused-ring (bicyclic) bond motifs is 1. The number of hydrogen-bond donors (Lipinski definition) is 0. The van der Waals surface area contributed by atoms with Crippen LogP contribution in [0.3, 0.4) is 0 Å². The predicted molar refractivity (Wildman–Crippen MR) is 146 cm³/mol. The van der Waals surface area contributed by atoms with Gasteiger partial charge in [-0.1, -0.05) is 17.4 Å². The fraction of sp³-hybridized carbons (Fsp3) is 0.321. The van der Waals surface area contributed by atoms with Gasteiger partial charge in [0, 0.05) is 5.56 Å². The number of rotatable bonds is 9. The third kappa shape index (κ3) is 4.97. The number of benzene rings is 2. The number of aromatic nitrogens is 1. The highest BCUT2D eigenvalue weighted by Crippen LogP contribution is 2.40. The maximum atomic E-state index is 13.9. The monoisotopic (exact) mass is 554 g/mol. The molecule has 1 unspecified atom stereocenters. The van der Waals surface area contributed by atoms with Gasteiger partial charge in [-0.2, -0.15) is 0 Å². The van der Waals surface area contributed by atoms with Crippen molar-refractivity contribution < 1.29 is 33.2 Å². The Morgan fingerprint density at radius 1 is 0.949 bits per heavy atom. The minimum absolute atomic E-state index is 0.178. The first-order valence-corrected chi connectivity index (χ1v) is 12.9. The maximum absolute atomic E-state index is 13.9. The molecule has 11 heteroatoms. The standard InChI is InChI=1S/C28H30N2O8S/c1-8-38-27(32)22-15(2)29-28-30(23(22)16-9-11-18(33-3)20(13-16)35-5)26(31)21(39-28)14-17-10-12-19(34-4)25(37-7)24(17)36-6/h9-14,23H,8H2,1-7H3. The molecule has 1 atom stereocenters. The van der Waals surface area contributed by atoms with Crippen molar-refractivity contribution in [2.24, 2.45) is 4.99 Å². The van der Waals surface area contributed by atoms with E-state index in [-0.39, 0.29) is 17.7 Å². The molecule has 1 aromatic heterocycles. The van der Waals surface area contributed by atoms with E-state index >= 15 is 0 Å². The van der Waals surface area contributed by atoms with Crippen molar-refractivity contribution in [2.45, 2.75) is 19.9 Å². The van der Waals surface area contributed by atoms with Gasteiger partial charge in [0.15, 0.2) is 27.8 Å². The lowest BCUT2D eigenvalue weighted by Gasteiger charge is -2.25. The minimum atomic E-state index is -0.797. The number of carbonyl (C=O) groups excluding carboxylic acids is 1. The first-order chi connectivity index (χ1) is 18.8. The molecule has 1 aliphatic rings. The second-order valence-electron chi connectivity index (χ2n) is 8.34. The molecule has 0 amide bonds. The molecule has 0 aliphatic carbocycles. The highest BCUT2D eigenvalue weighted by Gasteiger charge is 2.34. The molecule has 2 heterocycles. The van der Waals surface area contributed by atoms with Crippen molar-refractivity contribution in [3.05, 3.63) is 72.4 Å². The molecule has 0 spiro atoms. The van der Waals surface area contributed by atoms with E-state index < -0.39 is 12.0 Å². The lowest BCUT2D eigenvalue weighted by atomic mass is 9.95. The summed E-state index contributed by atoms with van der Waals surface area (Å²) in [6, 6.07) is 7.99. The van der Waals surface area contributed by atoms with Crippen molar-refractivity contribution >= 4 is 23.4 Å². The van der Waals surface area contributed by atoms with Crippen molar-refractivity contribution in [2.75, 3.05) is 42.2 Å². The van der Waals surface area contributed by atoms with E-state index in [2.05, 4.69) is 4.99 Å². The molecule has 0 radical (unpaired) electrons. The Morgan fingerprint density at radius 2 is 1.62 bits per heavy atom. The zero-order valence-electron chi connectivity index (χ0n) is 22.8. The Hall–Kier alpha value is -4.25. The normalized spacial score (nSPS) is 14.8. The Morgan fingerprint density at radius 3 is 2.23 bits per heavy atom. The van der Waals surface area contributed by atoms with Crippen molar-refractivity contribution in [1.82, 2.24) is 4.57 Å². The summed E-state index contributed by atoms with van der Waals surface area (Å²) < 4.78 is 34.6. The number of esters is 1. The number of allylic oxidation sites excluding steroid dienone is 1. The van der Waals surface area contributed by atoms with E-state index in [1.54, 1.807) is 50.3 Å². The van der Waals surface area contributed by atoms with Gasteiger partial charge in [0.1, 0.15) is 0 Å². The van der Waals surface area contributed by atoms with Gasteiger partial charge in [0.2, 0.25) is 5.75 Å². The van der Waals surface area contributed by atoms with Crippen LogP contribution in [0, 0.1) is 0 Å². The summed E-state index contributed by atoms with van der Waals surface area (Å²) in [5, 5.41) is 0. The summed E-state index contributed by atoms with van der Waals surface area (Å²) in [4.78, 5) is 32.1. The molecule has 39 heavy (non-hydrogen) atoms. The Bertz CT molecular complexity index is 1620. The van der Waals surface area contributed by atoms with Crippen molar-refractivity contribution in [3.8, 4) is 28.7 Å². The average molecular weight is 555 g/mol. The van der Waals surface area contributed by atoms with Gasteiger partial charge >= 0.3 is 5.97 Å². The zero-order valence-corrected chi connectivity index (χ0v) is 23.6. The summed E-state index contributed by atoms with van der Waals surface area (Å²) in [5.74, 6) is 1.76. The van der Waals surface area contributed by atoms with E-state index in [1.807, 2.05) is 0 Å². The van der Waals surface area contributed by atoms with Gasteiger partial charge in [-0.15, -0.1) is 0 Å². The van der Waals surface area contributed by atoms with Crippen LogP contribution in [0.25, 0.3) is 6.08 Å². The lowest BCUT2D eigenvalue weighted by Crippen LogP contribution is -2.40. The van der Waals surface area contributed by atoms with Crippen LogP contribution >= 0.6 is 11.3 Å². The maximum Gasteiger partial charge on any atom is 0.338 e. The molecule has 1 aliphatic heterocycles. The Balaban J connectivity index is 1.99. The number of nitrogens with zero attached hydrogens (tertiary/aromatic N) is 2. The van der Waals surface area contributed by atoms with Crippen LogP contribution in [-0.4, -0.2) is 52.7 Å². The molecule has 4 rings (SSSR count). The van der Waals surface area contributed by atoms with Crippen molar-refractivity contribution in [1.29, 1.82) is 0 Å². The average Bonchev–Trinajstić information content (AvgIpc) is 3.25. The second kappa shape index (κ2) is 11.6. The van der Waals surface area contributed by atoms with Crippen molar-refractivity contribution in [3.63, 3.8) is 0 Å². The van der Waals surface area contributed by atoms with Crippen LogP contribution in [0.15, 0.2) is 51.4 Å². The van der Waals surface area contributed by atoms with E-state index in [0.717, 1.165) is 0 Å². The molecule has 0 N–H and O–H groups in total. The SMILES string of the molecule is CCOC(=O)C1=C(C)N=c2sc(=Cc3ccc(OC)c(OC)c3OC)c(=O)n2C1c1ccc(OC)c(OC)c1. The van der Waals surface area contributed by atoms with Crippen LogP contribution in [0.1, 0.15) is 31.0 Å². The number of carbonyl (C=O) groups is 1. The van der Waals surface area contributed by atoms with E-state index in [4.69, 9.17) is 28.4 Å². The summed E-state index contributed by atoms with van der Waals surface area (Å²) in [6.07, 6.45) is 1.71. The summed E-state index contributed by atoms with van der Waals surface area (Å²) >= 11 is 1.20. The topological polar surface area (TPSA) is 107 Å². The first kappa shape index (κ1) is 27.8. The molecule has 206 valence electrons. The third-order valence-corrected chi connectivity index (χ3v) is 7.24. The molecular formula is C28H30N2O8S. The van der Waals surface area contributed by atoms with Crippen LogP contribution in [0.4, 0.5) is 0 Å². The van der Waals surface area contributed by atoms with Crippen LogP contribution in [0.2, 0.25) is 0 Å². The molecule has 0 saturated carbocycles. The molecular weight excluding hydrogens is 524 g/mol. The number of ether oxygens (including phenoxy) is 6. The van der Waals surface area contributed by atoms with Gasteiger partial charge < -0.3 is 28.4 Å². The second-order valence-corrected chi connectivity index (χ2v) is 9.35. The van der Waals surface area contributed by atoms with Crippen LogP contribution < -0.4 is 38.6 Å². The van der Waals surface area contributed by atoms with Gasteiger partial charge in [0.05, 0.1) is 64.0 Å². The van der Waals surface area contributed by atoms with Gasteiger partial charge in [-0.05, 0) is 49.8 Å². The molecule has 0 fully saturated rings. The third-order valence-electron chi connectivity index (χ3n) is 6.26. The fourth-order valence-electron chi connectivity index (χ4n) is 4.51. The van der Waals surface area contributed by atoms with Crippen LogP contribution in [-0.2, 0) is 9.53 Å². The highest BCUT2D eigenvalue weighted by atomic mass is 32.1. The summed E-state index contributed by atoms with van der Waals surface area (Å²) in [5.41, 5.74) is 1.66. The summed E-state index contributed by atoms with van der Waals surface area (Å²) in [6.45, 7) is 3.64. The molecule has 0 bridgehead atoms. The highest BCUT2D eigenvalue weighted by molar-refractivity contribution is 7.07. The van der Waals surface area contributed by atoms with Crippen LogP contribution in [0.5, 0.6) is 28.7 Å². The quantitative estimate of drug-likeness (QED) is 0.372. The smallest absolute Gasteiger partial charge is 0.338 e. The van der Waals surface area contributed by atoms with Gasteiger partial charge in [-0.25, -0.2) is 9.79 Å². The Labute approximate surface area is 229 Å². The minimum Gasteiger partial charge on any atom is -0.493 e. The van der Waals surface area contributed by atoms with Gasteiger partial charge in [0.25, 0.3) is 5.56 Å². The van der Waals surface area contributed by atoms with E-state index in [0.29, 0.717) is 54.9 Å². The zero-order chi connectivity index (χ0) is 28.3. The van der Waals surface area contributed by atoms with E-state index in [9.17, 15) is 9.59 Å². The van der Waals surface area contributed by atoms with Gasteiger partial charge in [-0.3, -0.25) is 9.36 Å². The Kier molecular flexibility index (Phi) is 8.29. The molecule has 2 aromatic carbocycles. The van der Waals surface area contributed by atoms with E-state index in [1.165, 1.54) is 51.5 Å². The predicted octanol–water partition coefficient (Wildman–Crippen LogP) is 2.84. The fourth-order valence-corrected chi connectivity index (χ4v) is 5.55. The largest absolute Gasteiger partial charge is 0.493 e. The summed E-state index contributed by atoms with van der Waals surface area (Å²) in [7, 11) is 7.63. The molecule has 3 aromatic rings. The number of hydrogen-bond acceptors (Lipinski definition) is 10. The molecule has 10 nitrogen and oxygen atoms in total. The number of thiazole rings is 1. The molecule has 0 saturated heterocycles.